The topological polar surface area (TPSA) is 86.3 Å². The minimum atomic E-state index is 0.0171. The summed E-state index contributed by atoms with van der Waals surface area (Å²) in [4.78, 5) is 20.2. The van der Waals surface area contributed by atoms with Gasteiger partial charge in [0.1, 0.15) is 5.75 Å². The first-order valence-electron chi connectivity index (χ1n) is 11.2. The number of fused-ring (bicyclic) bond motifs is 1. The fourth-order valence-electron chi connectivity index (χ4n) is 4.65. The SMILES string of the molecule is COc1ccc(C(=O)N2CCCC(c3nc4ccccc4cc3N)C2)cc1Cn1cccn1. The lowest BCUT2D eigenvalue weighted by Crippen LogP contribution is -2.39. The summed E-state index contributed by atoms with van der Waals surface area (Å²) in [5, 5.41) is 5.30. The maximum Gasteiger partial charge on any atom is 0.253 e. The fourth-order valence-corrected chi connectivity index (χ4v) is 4.65. The number of hydrogen-bond acceptors (Lipinski definition) is 5. The lowest BCUT2D eigenvalue weighted by Gasteiger charge is -2.33. The molecule has 2 N–H and O–H groups in total. The smallest absolute Gasteiger partial charge is 0.253 e. The van der Waals surface area contributed by atoms with Gasteiger partial charge in [0, 0.05) is 47.9 Å². The van der Waals surface area contributed by atoms with Crippen molar-refractivity contribution in [3.05, 3.63) is 83.8 Å². The number of para-hydroxylation sites is 1. The van der Waals surface area contributed by atoms with Gasteiger partial charge in [-0.2, -0.15) is 5.10 Å². The quantitative estimate of drug-likeness (QED) is 0.504. The van der Waals surface area contributed by atoms with Crippen LogP contribution in [0.4, 0.5) is 5.69 Å². The molecule has 0 aliphatic carbocycles. The van der Waals surface area contributed by atoms with Gasteiger partial charge in [-0.25, -0.2) is 0 Å². The molecule has 7 heteroatoms. The highest BCUT2D eigenvalue weighted by Crippen LogP contribution is 2.32. The van der Waals surface area contributed by atoms with Crippen LogP contribution in [-0.2, 0) is 6.54 Å². The number of methoxy groups -OCH3 is 1. The highest BCUT2D eigenvalue weighted by atomic mass is 16.5. The molecular weight excluding hydrogens is 414 g/mol. The zero-order chi connectivity index (χ0) is 22.8. The number of nitrogens with zero attached hydrogens (tertiary/aromatic N) is 4. The molecule has 5 rings (SSSR count). The van der Waals surface area contributed by atoms with Crippen molar-refractivity contribution in [3.63, 3.8) is 0 Å². The van der Waals surface area contributed by atoms with Gasteiger partial charge in [0.25, 0.3) is 5.91 Å². The fraction of sp³-hybridized carbons (Fsp3) is 0.269. The molecule has 3 heterocycles. The molecule has 0 radical (unpaired) electrons. The lowest BCUT2D eigenvalue weighted by molar-refractivity contribution is 0.0706. The Morgan fingerprint density at radius 3 is 2.88 bits per heavy atom. The van der Waals surface area contributed by atoms with E-state index in [1.807, 2.05) is 70.4 Å². The number of carbonyl (C=O) groups is 1. The molecule has 7 nitrogen and oxygen atoms in total. The van der Waals surface area contributed by atoms with Crippen molar-refractivity contribution >= 4 is 22.5 Å². The van der Waals surface area contributed by atoms with E-state index in [0.29, 0.717) is 24.3 Å². The van der Waals surface area contributed by atoms with Gasteiger partial charge >= 0.3 is 0 Å². The molecule has 1 unspecified atom stereocenters. The molecule has 1 fully saturated rings. The molecular formula is C26H27N5O2. The van der Waals surface area contributed by atoms with E-state index < -0.39 is 0 Å². The van der Waals surface area contributed by atoms with Gasteiger partial charge in [-0.05, 0) is 49.2 Å². The zero-order valence-electron chi connectivity index (χ0n) is 18.6. The number of nitrogen functional groups attached to an aromatic ring is 1. The Labute approximate surface area is 192 Å². The van der Waals surface area contributed by atoms with E-state index in [9.17, 15) is 4.79 Å². The van der Waals surface area contributed by atoms with Gasteiger partial charge in [-0.15, -0.1) is 0 Å². The molecule has 0 spiro atoms. The molecule has 33 heavy (non-hydrogen) atoms. The largest absolute Gasteiger partial charge is 0.496 e. The number of piperidine rings is 1. The number of benzene rings is 2. The molecule has 1 atom stereocenters. The number of pyridine rings is 1. The Kier molecular flexibility index (Phi) is 5.69. The van der Waals surface area contributed by atoms with E-state index in [1.54, 1.807) is 13.3 Å². The van der Waals surface area contributed by atoms with Crippen LogP contribution in [0.15, 0.2) is 67.0 Å². The molecule has 1 aliphatic rings. The standard InChI is InChI=1S/C26H27N5O2/c1-33-24-10-9-19(14-21(24)17-31-13-5-11-28-31)26(32)30-12-4-7-20(16-30)25-22(27)15-18-6-2-3-8-23(18)29-25/h2-3,5-6,8-11,13-15,20H,4,7,12,16-17,27H2,1H3. The second-order valence-electron chi connectivity index (χ2n) is 8.48. The van der Waals surface area contributed by atoms with Gasteiger partial charge in [0.2, 0.25) is 0 Å². The molecule has 0 bridgehead atoms. The maximum atomic E-state index is 13.4. The summed E-state index contributed by atoms with van der Waals surface area (Å²) < 4.78 is 7.33. The summed E-state index contributed by atoms with van der Waals surface area (Å²) in [6.45, 7) is 1.87. The minimum Gasteiger partial charge on any atom is -0.496 e. The average Bonchev–Trinajstić information content (AvgIpc) is 3.36. The molecule has 1 aliphatic heterocycles. The first-order valence-corrected chi connectivity index (χ1v) is 11.2. The highest BCUT2D eigenvalue weighted by Gasteiger charge is 2.28. The van der Waals surface area contributed by atoms with Crippen LogP contribution in [-0.4, -0.2) is 45.8 Å². The number of nitrogens with two attached hydrogens (primary N) is 1. The lowest BCUT2D eigenvalue weighted by atomic mass is 9.92. The van der Waals surface area contributed by atoms with Crippen molar-refractivity contribution in [2.75, 3.05) is 25.9 Å². The van der Waals surface area contributed by atoms with Crippen molar-refractivity contribution in [2.24, 2.45) is 0 Å². The number of ether oxygens (including phenoxy) is 1. The van der Waals surface area contributed by atoms with E-state index in [4.69, 9.17) is 15.5 Å². The van der Waals surface area contributed by atoms with Gasteiger partial charge in [0.15, 0.2) is 0 Å². The monoisotopic (exact) mass is 441 g/mol. The van der Waals surface area contributed by atoms with Crippen LogP contribution >= 0.6 is 0 Å². The van der Waals surface area contributed by atoms with Crippen LogP contribution < -0.4 is 10.5 Å². The summed E-state index contributed by atoms with van der Waals surface area (Å²) in [6.07, 6.45) is 5.51. The van der Waals surface area contributed by atoms with Crippen LogP contribution in [0.2, 0.25) is 0 Å². The molecule has 1 amide bonds. The van der Waals surface area contributed by atoms with Crippen LogP contribution in [0.1, 0.15) is 40.4 Å². The number of anilines is 1. The summed E-state index contributed by atoms with van der Waals surface area (Å²) in [5.41, 5.74) is 10.5. The van der Waals surface area contributed by atoms with Crippen LogP contribution in [0.3, 0.4) is 0 Å². The van der Waals surface area contributed by atoms with E-state index in [1.165, 1.54) is 0 Å². The van der Waals surface area contributed by atoms with Crippen molar-refractivity contribution in [1.82, 2.24) is 19.7 Å². The second-order valence-corrected chi connectivity index (χ2v) is 8.48. The van der Waals surface area contributed by atoms with Gasteiger partial charge in [-0.3, -0.25) is 14.5 Å². The van der Waals surface area contributed by atoms with Gasteiger partial charge in [0.05, 0.1) is 30.6 Å². The maximum absolute atomic E-state index is 13.4. The van der Waals surface area contributed by atoms with Crippen molar-refractivity contribution < 1.29 is 9.53 Å². The molecule has 4 aromatic rings. The Morgan fingerprint density at radius 2 is 2.06 bits per heavy atom. The Bertz CT molecular complexity index is 1290. The minimum absolute atomic E-state index is 0.0171. The molecule has 2 aromatic heterocycles. The molecule has 168 valence electrons. The Morgan fingerprint density at radius 1 is 1.18 bits per heavy atom. The first-order chi connectivity index (χ1) is 16.1. The first kappa shape index (κ1) is 21.0. The molecule has 2 aromatic carbocycles. The predicted octanol–water partition coefficient (Wildman–Crippen LogP) is 4.09. The predicted molar refractivity (Wildman–Crippen MR) is 128 cm³/mol. The van der Waals surface area contributed by atoms with Gasteiger partial charge < -0.3 is 15.4 Å². The van der Waals surface area contributed by atoms with Crippen molar-refractivity contribution in [2.45, 2.75) is 25.3 Å². The van der Waals surface area contributed by atoms with E-state index in [0.717, 1.165) is 47.3 Å². The summed E-state index contributed by atoms with van der Waals surface area (Å²) in [5.74, 6) is 0.879. The highest BCUT2D eigenvalue weighted by molar-refractivity contribution is 5.94. The second kappa shape index (κ2) is 8.94. The number of hydrogen-bond donors (Lipinski definition) is 1. The summed E-state index contributed by atoms with van der Waals surface area (Å²) in [7, 11) is 1.64. The van der Waals surface area contributed by atoms with Crippen LogP contribution in [0.25, 0.3) is 10.9 Å². The normalized spacial score (nSPS) is 16.2. The number of aromatic nitrogens is 3. The Hall–Kier alpha value is -3.87. The third kappa shape index (κ3) is 4.26. The number of carbonyl (C=O) groups excluding carboxylic acids is 1. The molecule has 1 saturated heterocycles. The average molecular weight is 442 g/mol. The van der Waals surface area contributed by atoms with Crippen LogP contribution in [0.5, 0.6) is 5.75 Å². The third-order valence-corrected chi connectivity index (χ3v) is 6.30. The number of rotatable bonds is 5. The van der Waals surface area contributed by atoms with Crippen molar-refractivity contribution in [3.8, 4) is 5.75 Å². The zero-order valence-corrected chi connectivity index (χ0v) is 18.6. The molecule has 0 saturated carbocycles. The third-order valence-electron chi connectivity index (χ3n) is 6.30. The number of amides is 1. The Balaban J connectivity index is 1.39. The van der Waals surface area contributed by atoms with E-state index in [-0.39, 0.29) is 11.8 Å². The van der Waals surface area contributed by atoms with Crippen molar-refractivity contribution in [1.29, 1.82) is 0 Å². The van der Waals surface area contributed by atoms with E-state index >= 15 is 0 Å². The van der Waals surface area contributed by atoms with E-state index in [2.05, 4.69) is 5.10 Å². The summed E-state index contributed by atoms with van der Waals surface area (Å²) in [6, 6.07) is 17.5. The van der Waals surface area contributed by atoms with Gasteiger partial charge in [-0.1, -0.05) is 18.2 Å². The summed E-state index contributed by atoms with van der Waals surface area (Å²) >= 11 is 0. The number of likely N-dealkylation sites (tertiary alicyclic amines) is 1. The van der Waals surface area contributed by atoms with Crippen LogP contribution in [0, 0.1) is 0 Å².